The van der Waals surface area contributed by atoms with Gasteiger partial charge in [0.2, 0.25) is 10.0 Å². The number of benzene rings is 2. The molecule has 2 aliphatic heterocycles. The Labute approximate surface area is 179 Å². The Bertz CT molecular complexity index is 960. The standard InChI is InChI=1S/C23H30N2O4S/c1-2-4-18-6-9-20(10-7-18)30(26,27)24-12-14-25-13-3-5-21(25)19-8-11-22-23(17-19)29-16-15-28-22/h6-11,17,21,24H,2-5,12-16H2,1H3. The van der Waals surface area contributed by atoms with Crippen LogP contribution in [-0.4, -0.2) is 46.2 Å². The molecule has 4 rings (SSSR count). The van der Waals surface area contributed by atoms with Crippen molar-refractivity contribution in [1.29, 1.82) is 0 Å². The van der Waals surface area contributed by atoms with E-state index in [0.717, 1.165) is 49.3 Å². The van der Waals surface area contributed by atoms with E-state index in [1.54, 1.807) is 12.1 Å². The highest BCUT2D eigenvalue weighted by atomic mass is 32.2. The van der Waals surface area contributed by atoms with Gasteiger partial charge in [-0.25, -0.2) is 13.1 Å². The van der Waals surface area contributed by atoms with Crippen LogP contribution in [-0.2, 0) is 16.4 Å². The molecule has 2 aromatic rings. The van der Waals surface area contributed by atoms with E-state index in [1.165, 1.54) is 5.56 Å². The predicted octanol–water partition coefficient (Wildman–Crippen LogP) is 3.53. The molecular weight excluding hydrogens is 400 g/mol. The lowest BCUT2D eigenvalue weighted by molar-refractivity contribution is 0.170. The summed E-state index contributed by atoms with van der Waals surface area (Å²) in [6, 6.07) is 13.6. The van der Waals surface area contributed by atoms with E-state index in [-0.39, 0.29) is 6.04 Å². The minimum atomic E-state index is -3.49. The molecule has 0 saturated carbocycles. The second-order valence-electron chi connectivity index (χ2n) is 7.89. The van der Waals surface area contributed by atoms with Crippen molar-refractivity contribution in [1.82, 2.24) is 9.62 Å². The third-order valence-electron chi connectivity index (χ3n) is 5.78. The molecule has 0 spiro atoms. The van der Waals surface area contributed by atoms with Gasteiger partial charge in [0.05, 0.1) is 4.90 Å². The maximum Gasteiger partial charge on any atom is 0.240 e. The first-order valence-corrected chi connectivity index (χ1v) is 12.3. The molecule has 7 heteroatoms. The second kappa shape index (κ2) is 9.37. The molecule has 0 bridgehead atoms. The van der Waals surface area contributed by atoms with Crippen molar-refractivity contribution in [3.8, 4) is 11.5 Å². The Morgan fingerprint density at radius 3 is 2.60 bits per heavy atom. The third-order valence-corrected chi connectivity index (χ3v) is 7.26. The van der Waals surface area contributed by atoms with Crippen molar-refractivity contribution in [3.05, 3.63) is 53.6 Å². The molecule has 162 valence electrons. The summed E-state index contributed by atoms with van der Waals surface area (Å²) < 4.78 is 39.4. The van der Waals surface area contributed by atoms with Crippen LogP contribution in [0.15, 0.2) is 47.4 Å². The van der Waals surface area contributed by atoms with Gasteiger partial charge in [-0.15, -0.1) is 0 Å². The van der Waals surface area contributed by atoms with Crippen LogP contribution in [0.5, 0.6) is 11.5 Å². The minimum absolute atomic E-state index is 0.277. The van der Waals surface area contributed by atoms with Gasteiger partial charge in [-0.1, -0.05) is 31.5 Å². The van der Waals surface area contributed by atoms with Crippen LogP contribution in [0, 0.1) is 0 Å². The molecule has 1 fully saturated rings. The monoisotopic (exact) mass is 430 g/mol. The second-order valence-corrected chi connectivity index (χ2v) is 9.66. The lowest BCUT2D eigenvalue weighted by Crippen LogP contribution is -2.34. The minimum Gasteiger partial charge on any atom is -0.486 e. The van der Waals surface area contributed by atoms with E-state index in [9.17, 15) is 8.42 Å². The Balaban J connectivity index is 1.36. The average Bonchev–Trinajstić information content (AvgIpc) is 3.22. The molecule has 1 unspecified atom stereocenters. The molecule has 2 aromatic carbocycles. The average molecular weight is 431 g/mol. The number of ether oxygens (including phenoxy) is 2. The van der Waals surface area contributed by atoms with Gasteiger partial charge in [0.15, 0.2) is 11.5 Å². The summed E-state index contributed by atoms with van der Waals surface area (Å²) in [4.78, 5) is 2.67. The van der Waals surface area contributed by atoms with E-state index in [1.807, 2.05) is 18.2 Å². The number of rotatable bonds is 8. The summed E-state index contributed by atoms with van der Waals surface area (Å²) in [6.45, 7) is 5.30. The molecule has 6 nitrogen and oxygen atoms in total. The summed E-state index contributed by atoms with van der Waals surface area (Å²) in [7, 11) is -3.49. The summed E-state index contributed by atoms with van der Waals surface area (Å²) >= 11 is 0. The predicted molar refractivity (Wildman–Crippen MR) is 117 cm³/mol. The highest BCUT2D eigenvalue weighted by Gasteiger charge is 2.27. The fraction of sp³-hybridized carbons (Fsp3) is 0.478. The van der Waals surface area contributed by atoms with Gasteiger partial charge in [0.1, 0.15) is 13.2 Å². The molecule has 2 aliphatic rings. The number of fused-ring (bicyclic) bond motifs is 1. The van der Waals surface area contributed by atoms with Crippen molar-refractivity contribution < 1.29 is 17.9 Å². The maximum atomic E-state index is 12.6. The molecule has 1 saturated heterocycles. The Morgan fingerprint density at radius 2 is 1.83 bits per heavy atom. The van der Waals surface area contributed by atoms with Gasteiger partial charge in [0, 0.05) is 19.1 Å². The Kier molecular flexibility index (Phi) is 6.61. The highest BCUT2D eigenvalue weighted by Crippen LogP contribution is 2.37. The first-order chi connectivity index (χ1) is 14.6. The zero-order valence-corrected chi connectivity index (χ0v) is 18.3. The van der Waals surface area contributed by atoms with E-state index in [0.29, 0.717) is 31.2 Å². The third kappa shape index (κ3) is 4.79. The van der Waals surface area contributed by atoms with Gasteiger partial charge in [-0.3, -0.25) is 4.90 Å². The lowest BCUT2D eigenvalue weighted by Gasteiger charge is -2.26. The number of hydrogen-bond donors (Lipinski definition) is 1. The van der Waals surface area contributed by atoms with Crippen molar-refractivity contribution in [2.45, 2.75) is 43.5 Å². The first kappa shape index (κ1) is 21.2. The molecular formula is C23H30N2O4S. The quantitative estimate of drug-likeness (QED) is 0.694. The SMILES string of the molecule is CCCc1ccc(S(=O)(=O)NCCN2CCCC2c2ccc3c(c2)OCCO3)cc1. The number of nitrogens with zero attached hydrogens (tertiary/aromatic N) is 1. The largest absolute Gasteiger partial charge is 0.486 e. The summed E-state index contributed by atoms with van der Waals surface area (Å²) in [5.74, 6) is 1.60. The summed E-state index contributed by atoms with van der Waals surface area (Å²) in [5.41, 5.74) is 2.36. The molecule has 0 amide bonds. The van der Waals surface area contributed by atoms with E-state index < -0.39 is 10.0 Å². The zero-order chi connectivity index (χ0) is 21.0. The van der Waals surface area contributed by atoms with Crippen LogP contribution in [0.1, 0.15) is 43.4 Å². The van der Waals surface area contributed by atoms with E-state index in [4.69, 9.17) is 9.47 Å². The number of aryl methyl sites for hydroxylation is 1. The molecule has 0 radical (unpaired) electrons. The summed E-state index contributed by atoms with van der Waals surface area (Å²) in [5, 5.41) is 0. The highest BCUT2D eigenvalue weighted by molar-refractivity contribution is 7.89. The molecule has 2 heterocycles. The topological polar surface area (TPSA) is 67.9 Å². The number of hydrogen-bond acceptors (Lipinski definition) is 5. The van der Waals surface area contributed by atoms with Gasteiger partial charge in [-0.2, -0.15) is 0 Å². The fourth-order valence-corrected chi connectivity index (χ4v) is 5.29. The van der Waals surface area contributed by atoms with Crippen LogP contribution in [0.4, 0.5) is 0 Å². The van der Waals surface area contributed by atoms with Crippen molar-refractivity contribution in [3.63, 3.8) is 0 Å². The molecule has 0 aliphatic carbocycles. The van der Waals surface area contributed by atoms with E-state index in [2.05, 4.69) is 28.7 Å². The Morgan fingerprint density at radius 1 is 1.07 bits per heavy atom. The number of sulfonamides is 1. The molecule has 30 heavy (non-hydrogen) atoms. The van der Waals surface area contributed by atoms with Crippen molar-refractivity contribution in [2.75, 3.05) is 32.8 Å². The lowest BCUT2D eigenvalue weighted by atomic mass is 10.0. The van der Waals surface area contributed by atoms with Gasteiger partial charge >= 0.3 is 0 Å². The smallest absolute Gasteiger partial charge is 0.240 e. The fourth-order valence-electron chi connectivity index (χ4n) is 4.27. The normalized spacial score (nSPS) is 19.2. The molecule has 0 aromatic heterocycles. The van der Waals surface area contributed by atoms with Crippen LogP contribution in [0.3, 0.4) is 0 Å². The van der Waals surface area contributed by atoms with Crippen LogP contribution >= 0.6 is 0 Å². The molecule has 1 atom stereocenters. The Hall–Kier alpha value is -2.09. The van der Waals surface area contributed by atoms with Gasteiger partial charge in [0.25, 0.3) is 0 Å². The zero-order valence-electron chi connectivity index (χ0n) is 17.5. The van der Waals surface area contributed by atoms with Crippen LogP contribution < -0.4 is 14.2 Å². The number of nitrogens with one attached hydrogen (secondary N) is 1. The van der Waals surface area contributed by atoms with E-state index >= 15 is 0 Å². The summed E-state index contributed by atoms with van der Waals surface area (Å²) in [6.07, 6.45) is 4.17. The van der Waals surface area contributed by atoms with Gasteiger partial charge < -0.3 is 9.47 Å². The first-order valence-electron chi connectivity index (χ1n) is 10.8. The van der Waals surface area contributed by atoms with Crippen molar-refractivity contribution in [2.24, 2.45) is 0 Å². The van der Waals surface area contributed by atoms with Gasteiger partial charge in [-0.05, 0) is 61.2 Å². The van der Waals surface area contributed by atoms with Crippen LogP contribution in [0.2, 0.25) is 0 Å². The maximum absolute atomic E-state index is 12.6. The van der Waals surface area contributed by atoms with Crippen molar-refractivity contribution >= 4 is 10.0 Å². The van der Waals surface area contributed by atoms with Crippen LogP contribution in [0.25, 0.3) is 0 Å². The number of likely N-dealkylation sites (tertiary alicyclic amines) is 1. The molecule has 1 N–H and O–H groups in total.